The van der Waals surface area contributed by atoms with Gasteiger partial charge in [-0.15, -0.1) is 0 Å². The molecule has 0 N–H and O–H groups in total. The third-order valence-electron chi connectivity index (χ3n) is 5.10. The summed E-state index contributed by atoms with van der Waals surface area (Å²) >= 11 is 0. The molecule has 8 nitrogen and oxygen atoms in total. The molecule has 0 radical (unpaired) electrons. The van der Waals surface area contributed by atoms with Gasteiger partial charge in [0.2, 0.25) is 10.0 Å². The second kappa shape index (κ2) is 10.6. The van der Waals surface area contributed by atoms with Gasteiger partial charge in [-0.3, -0.25) is 4.98 Å². The van der Waals surface area contributed by atoms with Gasteiger partial charge in [0.1, 0.15) is 19.0 Å². The molecule has 0 unspecified atom stereocenters. The normalized spacial score (nSPS) is 14.5. The first-order valence-corrected chi connectivity index (χ1v) is 11.9. The Morgan fingerprint density at radius 1 is 0.939 bits per heavy atom. The second-order valence-electron chi connectivity index (χ2n) is 7.37. The summed E-state index contributed by atoms with van der Waals surface area (Å²) in [5, 5.41) is 0. The molecule has 0 saturated carbocycles. The van der Waals surface area contributed by atoms with E-state index >= 15 is 0 Å². The Balaban J connectivity index is 1.29. The van der Waals surface area contributed by atoms with Crippen molar-refractivity contribution in [3.8, 4) is 5.75 Å². The van der Waals surface area contributed by atoms with Gasteiger partial charge < -0.3 is 14.2 Å². The minimum atomic E-state index is -3.60. The minimum Gasteiger partial charge on any atom is -0.487 e. The lowest BCUT2D eigenvalue weighted by molar-refractivity contribution is 0.0472. The maximum Gasteiger partial charge on any atom is 0.338 e. The van der Waals surface area contributed by atoms with Crippen LogP contribution in [-0.2, 0) is 32.7 Å². The minimum absolute atomic E-state index is 0.0905. The van der Waals surface area contributed by atoms with Crippen LogP contribution in [0.15, 0.2) is 77.8 Å². The average Bonchev–Trinajstić information content (AvgIpc) is 2.88. The smallest absolute Gasteiger partial charge is 0.338 e. The molecule has 1 aliphatic rings. The average molecular weight is 469 g/mol. The zero-order valence-corrected chi connectivity index (χ0v) is 18.7. The van der Waals surface area contributed by atoms with E-state index in [1.807, 2.05) is 30.3 Å². The molecule has 3 aromatic rings. The van der Waals surface area contributed by atoms with Crippen molar-refractivity contribution in [2.24, 2.45) is 0 Å². The SMILES string of the molecule is O=C(OCc1ccc(OCc2ccccn2)cc1)c1ccc(S(=O)(=O)N2CCOCC2)cc1. The molecule has 33 heavy (non-hydrogen) atoms. The van der Waals surface area contributed by atoms with Crippen LogP contribution in [0.5, 0.6) is 5.75 Å². The molecule has 0 amide bonds. The van der Waals surface area contributed by atoms with Gasteiger partial charge >= 0.3 is 5.97 Å². The number of hydrogen-bond donors (Lipinski definition) is 0. The van der Waals surface area contributed by atoms with Gasteiger partial charge in [0, 0.05) is 19.3 Å². The lowest BCUT2D eigenvalue weighted by Crippen LogP contribution is -2.40. The molecular weight excluding hydrogens is 444 g/mol. The van der Waals surface area contributed by atoms with Gasteiger partial charge in [0.05, 0.1) is 29.4 Å². The van der Waals surface area contributed by atoms with E-state index in [1.165, 1.54) is 28.6 Å². The zero-order valence-electron chi connectivity index (χ0n) is 17.9. The van der Waals surface area contributed by atoms with Crippen LogP contribution in [0.3, 0.4) is 0 Å². The number of pyridine rings is 1. The van der Waals surface area contributed by atoms with Crippen molar-refractivity contribution in [2.45, 2.75) is 18.1 Å². The Morgan fingerprint density at radius 2 is 1.67 bits per heavy atom. The number of esters is 1. The van der Waals surface area contributed by atoms with Gasteiger partial charge in [-0.2, -0.15) is 4.31 Å². The number of aromatic nitrogens is 1. The van der Waals surface area contributed by atoms with Gasteiger partial charge in [0.25, 0.3) is 0 Å². The Bertz CT molecular complexity index is 1160. The maximum atomic E-state index is 12.7. The molecule has 0 aliphatic carbocycles. The lowest BCUT2D eigenvalue weighted by atomic mass is 10.2. The Kier molecular flexibility index (Phi) is 7.33. The first kappa shape index (κ1) is 22.9. The van der Waals surface area contributed by atoms with Crippen LogP contribution >= 0.6 is 0 Å². The van der Waals surface area contributed by atoms with E-state index in [0.717, 1.165) is 11.3 Å². The standard InChI is InChI=1S/C24H24N2O6S/c27-24(20-6-10-23(11-7-20)33(28,29)26-13-15-30-16-14-26)32-17-19-4-8-22(9-5-19)31-18-21-3-1-2-12-25-21/h1-12H,13-18H2. The lowest BCUT2D eigenvalue weighted by Gasteiger charge is -2.26. The summed E-state index contributed by atoms with van der Waals surface area (Å²) in [7, 11) is -3.60. The number of ether oxygens (including phenoxy) is 3. The molecule has 1 aromatic heterocycles. The molecular formula is C24H24N2O6S. The third kappa shape index (κ3) is 5.95. The predicted octanol–water partition coefficient (Wildman–Crippen LogP) is 3.04. The van der Waals surface area contributed by atoms with Gasteiger partial charge in [0.15, 0.2) is 0 Å². The number of benzene rings is 2. The van der Waals surface area contributed by atoms with Crippen LogP contribution in [0.1, 0.15) is 21.6 Å². The van der Waals surface area contributed by atoms with E-state index in [-0.39, 0.29) is 17.1 Å². The summed E-state index contributed by atoms with van der Waals surface area (Å²) in [6.45, 7) is 1.85. The summed E-state index contributed by atoms with van der Waals surface area (Å²) in [6, 6.07) is 18.7. The van der Waals surface area contributed by atoms with Gasteiger partial charge in [-0.05, 0) is 54.1 Å². The Morgan fingerprint density at radius 3 is 2.33 bits per heavy atom. The van der Waals surface area contributed by atoms with Crippen molar-refractivity contribution in [3.05, 3.63) is 89.7 Å². The predicted molar refractivity (Wildman–Crippen MR) is 120 cm³/mol. The molecule has 172 valence electrons. The highest BCUT2D eigenvalue weighted by molar-refractivity contribution is 7.89. The molecule has 1 saturated heterocycles. The molecule has 0 spiro atoms. The molecule has 2 aromatic carbocycles. The monoisotopic (exact) mass is 468 g/mol. The maximum absolute atomic E-state index is 12.7. The van der Waals surface area contributed by atoms with Crippen molar-refractivity contribution < 1.29 is 27.4 Å². The first-order chi connectivity index (χ1) is 16.0. The highest BCUT2D eigenvalue weighted by Crippen LogP contribution is 2.19. The molecule has 1 fully saturated rings. The van der Waals surface area contributed by atoms with Crippen LogP contribution in [0.2, 0.25) is 0 Å². The number of hydrogen-bond acceptors (Lipinski definition) is 7. The van der Waals surface area contributed by atoms with E-state index in [0.29, 0.717) is 38.7 Å². The van der Waals surface area contributed by atoms with Gasteiger partial charge in [-0.25, -0.2) is 13.2 Å². The summed E-state index contributed by atoms with van der Waals surface area (Å²) in [6.07, 6.45) is 1.72. The largest absolute Gasteiger partial charge is 0.487 e. The van der Waals surface area contributed by atoms with Crippen LogP contribution in [0.25, 0.3) is 0 Å². The third-order valence-corrected chi connectivity index (χ3v) is 7.02. The number of nitrogens with zero attached hydrogens (tertiary/aromatic N) is 2. The van der Waals surface area contributed by atoms with E-state index in [1.54, 1.807) is 18.3 Å². The summed E-state index contributed by atoms with van der Waals surface area (Å²) in [5.74, 6) is 0.161. The van der Waals surface area contributed by atoms with Crippen LogP contribution in [0.4, 0.5) is 0 Å². The van der Waals surface area contributed by atoms with E-state index < -0.39 is 16.0 Å². The highest BCUT2D eigenvalue weighted by Gasteiger charge is 2.26. The first-order valence-electron chi connectivity index (χ1n) is 10.5. The molecule has 9 heteroatoms. The van der Waals surface area contributed by atoms with E-state index in [2.05, 4.69) is 4.98 Å². The van der Waals surface area contributed by atoms with E-state index in [9.17, 15) is 13.2 Å². The van der Waals surface area contributed by atoms with E-state index in [4.69, 9.17) is 14.2 Å². The highest BCUT2D eigenvalue weighted by atomic mass is 32.2. The molecule has 1 aliphatic heterocycles. The summed E-state index contributed by atoms with van der Waals surface area (Å²) in [5.41, 5.74) is 1.92. The van der Waals surface area contributed by atoms with Crippen LogP contribution in [-0.4, -0.2) is 50.0 Å². The van der Waals surface area contributed by atoms with Crippen molar-refractivity contribution in [1.29, 1.82) is 0 Å². The van der Waals surface area contributed by atoms with Crippen LogP contribution in [0, 0.1) is 0 Å². The van der Waals surface area contributed by atoms with Crippen molar-refractivity contribution in [2.75, 3.05) is 26.3 Å². The summed E-state index contributed by atoms with van der Waals surface area (Å²) in [4.78, 5) is 16.7. The van der Waals surface area contributed by atoms with Crippen molar-refractivity contribution in [1.82, 2.24) is 9.29 Å². The fourth-order valence-electron chi connectivity index (χ4n) is 3.25. The summed E-state index contributed by atoms with van der Waals surface area (Å²) < 4.78 is 43.0. The Hall–Kier alpha value is -3.27. The topological polar surface area (TPSA) is 95.0 Å². The molecule has 4 rings (SSSR count). The van der Waals surface area contributed by atoms with Crippen LogP contribution < -0.4 is 4.74 Å². The van der Waals surface area contributed by atoms with Gasteiger partial charge in [-0.1, -0.05) is 18.2 Å². The fraction of sp³-hybridized carbons (Fsp3) is 0.250. The van der Waals surface area contributed by atoms with Crippen molar-refractivity contribution >= 4 is 16.0 Å². The number of carbonyl (C=O) groups is 1. The Labute approximate surface area is 192 Å². The molecule has 2 heterocycles. The fourth-order valence-corrected chi connectivity index (χ4v) is 4.66. The number of morpholine rings is 1. The number of sulfonamides is 1. The molecule has 0 bridgehead atoms. The second-order valence-corrected chi connectivity index (χ2v) is 9.31. The quantitative estimate of drug-likeness (QED) is 0.469. The zero-order chi connectivity index (χ0) is 23.1. The number of rotatable bonds is 8. The molecule has 0 atom stereocenters. The number of carbonyl (C=O) groups excluding carboxylic acids is 1. The van der Waals surface area contributed by atoms with Crippen molar-refractivity contribution in [3.63, 3.8) is 0 Å².